The summed E-state index contributed by atoms with van der Waals surface area (Å²) in [6.07, 6.45) is 1.49. The van der Waals surface area contributed by atoms with Gasteiger partial charge in [-0.2, -0.15) is 0 Å². The second-order valence-electron chi connectivity index (χ2n) is 13.5. The van der Waals surface area contributed by atoms with E-state index in [0.29, 0.717) is 24.0 Å². The molecule has 1 aromatic rings. The van der Waals surface area contributed by atoms with Crippen LogP contribution in [-0.4, -0.2) is 107 Å². The van der Waals surface area contributed by atoms with Crippen molar-refractivity contribution >= 4 is 45.7 Å². The van der Waals surface area contributed by atoms with Gasteiger partial charge in [0.1, 0.15) is 29.5 Å². The Kier molecular flexibility index (Phi) is 9.22. The molecule has 2 aliphatic carbocycles. The maximum atomic E-state index is 14.4. The minimum absolute atomic E-state index is 0.0311. The summed E-state index contributed by atoms with van der Waals surface area (Å²) in [5.41, 5.74) is -0.647. The summed E-state index contributed by atoms with van der Waals surface area (Å²) in [4.78, 5) is 83.1. The van der Waals surface area contributed by atoms with E-state index in [4.69, 9.17) is 4.74 Å². The van der Waals surface area contributed by atoms with Crippen molar-refractivity contribution in [3.05, 3.63) is 60.5 Å². The van der Waals surface area contributed by atoms with Gasteiger partial charge in [-0.25, -0.2) is 17.6 Å². The first-order valence-electron chi connectivity index (χ1n) is 16.4. The van der Waals surface area contributed by atoms with Crippen LogP contribution in [0.1, 0.15) is 43.7 Å². The fourth-order valence-corrected chi connectivity index (χ4v) is 8.30. The first-order chi connectivity index (χ1) is 23.7. The van der Waals surface area contributed by atoms with Gasteiger partial charge in [0.05, 0.1) is 18.3 Å². The van der Waals surface area contributed by atoms with Crippen LogP contribution in [0.5, 0.6) is 0 Å². The van der Waals surface area contributed by atoms with Crippen molar-refractivity contribution in [2.24, 2.45) is 11.8 Å². The quantitative estimate of drug-likeness (QED) is 0.210. The van der Waals surface area contributed by atoms with Crippen molar-refractivity contribution in [1.82, 2.24) is 30.1 Å². The van der Waals surface area contributed by atoms with E-state index in [0.717, 1.165) is 6.08 Å². The van der Waals surface area contributed by atoms with E-state index in [1.54, 1.807) is 6.07 Å². The minimum Gasteiger partial charge on any atom is -0.444 e. The molecule has 3 heterocycles. The molecule has 6 rings (SSSR count). The molecule has 4 fully saturated rings. The monoisotopic (exact) mass is 714 g/mol. The number of sulfonamides is 1. The topological polar surface area (TPSA) is 192 Å². The highest BCUT2D eigenvalue weighted by atomic mass is 32.2. The van der Waals surface area contributed by atoms with Gasteiger partial charge in [0.25, 0.3) is 5.91 Å². The molecule has 0 radical (unpaired) electrons. The largest absolute Gasteiger partial charge is 0.444 e. The molecule has 2 saturated heterocycles. The number of benzene rings is 1. The lowest BCUT2D eigenvalue weighted by Gasteiger charge is -2.43. The van der Waals surface area contributed by atoms with Gasteiger partial charge in [-0.05, 0) is 37.0 Å². The number of amides is 6. The smallest absolute Gasteiger partial charge is 0.410 e. The van der Waals surface area contributed by atoms with Gasteiger partial charge in [0, 0.05) is 50.4 Å². The lowest BCUT2D eigenvalue weighted by atomic mass is 9.90. The molecule has 0 bridgehead atoms. The maximum absolute atomic E-state index is 14.4. The number of carbonyl (C=O) groups is 6. The Morgan fingerprint density at radius 1 is 1.06 bits per heavy atom. The van der Waals surface area contributed by atoms with Gasteiger partial charge in [-0.3, -0.25) is 33.6 Å². The van der Waals surface area contributed by atoms with Crippen LogP contribution in [0.15, 0.2) is 43.5 Å². The minimum atomic E-state index is -3.94. The predicted octanol–water partition coefficient (Wildman–Crippen LogP) is 0.0658. The van der Waals surface area contributed by atoms with E-state index >= 15 is 0 Å². The number of nitrogens with one attached hydrogen (secondary N) is 3. The Morgan fingerprint density at radius 3 is 2.38 bits per heavy atom. The fourth-order valence-electron chi connectivity index (χ4n) is 6.93. The Hall–Kier alpha value is -4.80. The van der Waals surface area contributed by atoms with Gasteiger partial charge in [-0.15, -0.1) is 6.58 Å². The van der Waals surface area contributed by atoms with Crippen molar-refractivity contribution in [3.8, 4) is 0 Å². The maximum Gasteiger partial charge on any atom is 0.410 e. The number of rotatable bonds is 11. The summed E-state index contributed by atoms with van der Waals surface area (Å²) in [5, 5.41) is 4.61. The van der Waals surface area contributed by atoms with Crippen molar-refractivity contribution in [2.45, 2.75) is 74.7 Å². The molecular formula is C33H39FN6O9S. The summed E-state index contributed by atoms with van der Waals surface area (Å²) < 4.78 is 47.4. The highest BCUT2D eigenvalue weighted by Gasteiger charge is 2.62. The van der Waals surface area contributed by atoms with Gasteiger partial charge in [0.15, 0.2) is 0 Å². The zero-order valence-electron chi connectivity index (χ0n) is 27.4. The number of hydrogen-bond acceptors (Lipinski definition) is 9. The average Bonchev–Trinajstić information content (AvgIpc) is 3.93. The van der Waals surface area contributed by atoms with Crippen LogP contribution >= 0.6 is 0 Å². The molecule has 268 valence electrons. The number of halogens is 1. The number of nitrogens with zero attached hydrogens (tertiary/aromatic N) is 3. The standard InChI is InChI=1S/C33H39FN6O9S/c1-4-21-12-33(21,31(45)37-50(47,48)23-9-10-23)36-29(43)26-11-22(49-32(46)39-13-19-7-6-8-25(34)24(19)17-39)16-40(26)30(44)28(35-18(3)41)20-14-38(15-20)27(42)5-2/h4-8,20-23,26,28H,1-2,9-17H2,3H3,(H,35,41)(H,36,43)(H,37,45)/t21-,22?,26+,28?,33-/m1/s1. The number of fused-ring (bicyclic) bond motifs is 1. The third-order valence-corrected chi connectivity index (χ3v) is 11.9. The fraction of sp³-hybridized carbons (Fsp3) is 0.515. The third-order valence-electron chi connectivity index (χ3n) is 10.0. The van der Waals surface area contributed by atoms with Gasteiger partial charge in [0.2, 0.25) is 33.7 Å². The molecule has 6 amide bonds. The SMILES string of the molecule is C=CC(=O)N1CC(C(NC(C)=O)C(=O)N2CC(OC(=O)N3Cc4cccc(F)c4C3)C[C@H]2C(=O)N[C@]2(C(=O)NS(=O)(=O)C3CC3)C[C@H]2C=C)C1. The molecule has 5 aliphatic rings. The highest BCUT2D eigenvalue weighted by Crippen LogP contribution is 2.45. The van der Waals surface area contributed by atoms with Gasteiger partial charge >= 0.3 is 6.09 Å². The second kappa shape index (κ2) is 13.2. The molecule has 2 unspecified atom stereocenters. The normalized spacial score (nSPS) is 26.2. The Bertz CT molecular complexity index is 1780. The summed E-state index contributed by atoms with van der Waals surface area (Å²) >= 11 is 0. The zero-order valence-corrected chi connectivity index (χ0v) is 28.2. The average molecular weight is 715 g/mol. The summed E-state index contributed by atoms with van der Waals surface area (Å²) in [6, 6.07) is 2.09. The molecule has 0 spiro atoms. The molecule has 5 atom stereocenters. The van der Waals surface area contributed by atoms with Crippen molar-refractivity contribution < 1.29 is 46.3 Å². The number of likely N-dealkylation sites (tertiary alicyclic amines) is 2. The lowest BCUT2D eigenvalue weighted by molar-refractivity contribution is -0.147. The molecule has 50 heavy (non-hydrogen) atoms. The Labute approximate surface area is 288 Å². The first kappa shape index (κ1) is 35.0. The Balaban J connectivity index is 1.22. The summed E-state index contributed by atoms with van der Waals surface area (Å²) in [7, 11) is -3.94. The first-order valence-corrected chi connectivity index (χ1v) is 17.9. The molecule has 0 aromatic heterocycles. The van der Waals surface area contributed by atoms with Crippen molar-refractivity contribution in [3.63, 3.8) is 0 Å². The highest BCUT2D eigenvalue weighted by molar-refractivity contribution is 7.91. The molecular weight excluding hydrogens is 675 g/mol. The van der Waals surface area contributed by atoms with Crippen molar-refractivity contribution in [1.29, 1.82) is 0 Å². The number of hydrogen-bond donors (Lipinski definition) is 3. The van der Waals surface area contributed by atoms with E-state index in [1.165, 1.54) is 39.8 Å². The van der Waals surface area contributed by atoms with Crippen molar-refractivity contribution in [2.75, 3.05) is 19.6 Å². The molecule has 17 heteroatoms. The van der Waals surface area contributed by atoms with Crippen LogP contribution in [0.4, 0.5) is 9.18 Å². The number of ether oxygens (including phenoxy) is 1. The van der Waals surface area contributed by atoms with Crippen LogP contribution in [0.25, 0.3) is 0 Å². The molecule has 3 aliphatic heterocycles. The Morgan fingerprint density at radius 2 is 1.78 bits per heavy atom. The summed E-state index contributed by atoms with van der Waals surface area (Å²) in [5.74, 6) is -4.81. The van der Waals surface area contributed by atoms with Crippen LogP contribution in [0.2, 0.25) is 0 Å². The second-order valence-corrected chi connectivity index (χ2v) is 15.5. The van der Waals surface area contributed by atoms with E-state index < -0.39 is 86.4 Å². The van der Waals surface area contributed by atoms with Gasteiger partial charge < -0.3 is 25.2 Å². The van der Waals surface area contributed by atoms with Crippen LogP contribution in [0, 0.1) is 17.7 Å². The summed E-state index contributed by atoms with van der Waals surface area (Å²) in [6.45, 7) is 8.47. The van der Waals surface area contributed by atoms with E-state index in [2.05, 4.69) is 28.5 Å². The molecule has 1 aromatic carbocycles. The van der Waals surface area contributed by atoms with Crippen LogP contribution < -0.4 is 15.4 Å². The molecule has 3 N–H and O–H groups in total. The zero-order chi connectivity index (χ0) is 36.1. The van der Waals surface area contributed by atoms with Gasteiger partial charge in [-0.1, -0.05) is 24.8 Å². The molecule has 2 saturated carbocycles. The van der Waals surface area contributed by atoms with Crippen LogP contribution in [-0.2, 0) is 51.8 Å². The van der Waals surface area contributed by atoms with Crippen LogP contribution in [0.3, 0.4) is 0 Å². The third kappa shape index (κ3) is 6.69. The van der Waals surface area contributed by atoms with E-state index in [1.807, 2.05) is 0 Å². The lowest BCUT2D eigenvalue weighted by Crippen LogP contribution is -2.64. The molecule has 15 nitrogen and oxygen atoms in total. The van der Waals surface area contributed by atoms with E-state index in [-0.39, 0.29) is 51.5 Å². The van der Waals surface area contributed by atoms with E-state index in [9.17, 15) is 41.6 Å². The predicted molar refractivity (Wildman–Crippen MR) is 173 cm³/mol. The number of carbonyl (C=O) groups excluding carboxylic acids is 6.